The van der Waals surface area contributed by atoms with Gasteiger partial charge < -0.3 is 15.2 Å². The molecule has 18 heavy (non-hydrogen) atoms. The zero-order chi connectivity index (χ0) is 13.6. The molecule has 0 bridgehead atoms. The Hall–Kier alpha value is -1.60. The van der Waals surface area contributed by atoms with Crippen LogP contribution in [0.5, 0.6) is 0 Å². The van der Waals surface area contributed by atoms with Crippen LogP contribution in [-0.4, -0.2) is 30.8 Å². The second-order valence-electron chi connectivity index (χ2n) is 3.40. The average molecular weight is 263 g/mol. The fourth-order valence-electron chi connectivity index (χ4n) is 1.17. The Labute approximate surface area is 101 Å². The van der Waals surface area contributed by atoms with Gasteiger partial charge in [0.15, 0.2) is 0 Å². The molecular weight excluding hydrogens is 251 g/mol. The molecule has 7 heteroatoms. The lowest BCUT2D eigenvalue weighted by molar-refractivity contribution is -0.137. The Morgan fingerprint density at radius 3 is 2.39 bits per heavy atom. The van der Waals surface area contributed by atoms with Crippen LogP contribution in [0.25, 0.3) is 0 Å². The molecule has 100 valence electrons. The lowest BCUT2D eigenvalue weighted by Crippen LogP contribution is -2.19. The minimum atomic E-state index is -4.40. The molecule has 0 aliphatic rings. The maximum Gasteiger partial charge on any atom is 0.416 e. The Balaban J connectivity index is 2.51. The van der Waals surface area contributed by atoms with Crippen LogP contribution in [0.2, 0.25) is 0 Å². The van der Waals surface area contributed by atoms with E-state index in [0.717, 1.165) is 24.3 Å². The SMILES string of the molecule is O=C(COCCO)Nc1ccc(C(F)(F)F)cc1. The number of carbonyl (C=O) groups is 1. The maximum absolute atomic E-state index is 12.3. The molecule has 2 N–H and O–H groups in total. The monoisotopic (exact) mass is 263 g/mol. The van der Waals surface area contributed by atoms with E-state index in [-0.39, 0.29) is 25.5 Å². The average Bonchev–Trinajstić information content (AvgIpc) is 2.29. The van der Waals surface area contributed by atoms with E-state index in [0.29, 0.717) is 0 Å². The number of nitrogens with one attached hydrogen (secondary N) is 1. The summed E-state index contributed by atoms with van der Waals surface area (Å²) in [5.41, 5.74) is -0.530. The summed E-state index contributed by atoms with van der Waals surface area (Å²) in [6.07, 6.45) is -4.40. The highest BCUT2D eigenvalue weighted by Crippen LogP contribution is 2.29. The molecule has 0 spiro atoms. The third-order valence-electron chi connectivity index (χ3n) is 1.96. The van der Waals surface area contributed by atoms with Crippen LogP contribution in [0.1, 0.15) is 5.56 Å². The number of aliphatic hydroxyl groups excluding tert-OH is 1. The van der Waals surface area contributed by atoms with E-state index < -0.39 is 17.6 Å². The van der Waals surface area contributed by atoms with Gasteiger partial charge in [-0.25, -0.2) is 0 Å². The molecule has 0 fully saturated rings. The van der Waals surface area contributed by atoms with Crippen molar-refractivity contribution in [2.24, 2.45) is 0 Å². The highest BCUT2D eigenvalue weighted by Gasteiger charge is 2.29. The fraction of sp³-hybridized carbons (Fsp3) is 0.364. The van der Waals surface area contributed by atoms with Crippen LogP contribution in [0, 0.1) is 0 Å². The molecule has 1 rings (SSSR count). The van der Waals surface area contributed by atoms with Gasteiger partial charge in [-0.05, 0) is 24.3 Å². The van der Waals surface area contributed by atoms with Crippen LogP contribution >= 0.6 is 0 Å². The van der Waals surface area contributed by atoms with Crippen molar-refractivity contribution in [3.05, 3.63) is 29.8 Å². The first-order valence-corrected chi connectivity index (χ1v) is 5.09. The molecule has 1 aromatic rings. The van der Waals surface area contributed by atoms with E-state index in [1.807, 2.05) is 0 Å². The van der Waals surface area contributed by atoms with Gasteiger partial charge in [0.1, 0.15) is 6.61 Å². The maximum atomic E-state index is 12.3. The lowest BCUT2D eigenvalue weighted by Gasteiger charge is -2.08. The molecule has 0 saturated heterocycles. The van der Waals surface area contributed by atoms with Gasteiger partial charge in [-0.2, -0.15) is 13.2 Å². The molecule has 4 nitrogen and oxygen atoms in total. The summed E-state index contributed by atoms with van der Waals surface area (Å²) >= 11 is 0. The minimum absolute atomic E-state index is 0.0282. The molecule has 0 saturated carbocycles. The van der Waals surface area contributed by atoms with E-state index >= 15 is 0 Å². The molecule has 0 aromatic heterocycles. The zero-order valence-electron chi connectivity index (χ0n) is 9.33. The van der Waals surface area contributed by atoms with Gasteiger partial charge >= 0.3 is 6.18 Å². The van der Waals surface area contributed by atoms with Gasteiger partial charge in [0.25, 0.3) is 0 Å². The second kappa shape index (κ2) is 6.36. The largest absolute Gasteiger partial charge is 0.416 e. The molecule has 0 unspecified atom stereocenters. The Morgan fingerprint density at radius 2 is 1.89 bits per heavy atom. The molecule has 1 aromatic carbocycles. The third kappa shape index (κ3) is 4.72. The first-order valence-electron chi connectivity index (χ1n) is 5.09. The molecule has 0 radical (unpaired) electrons. The number of rotatable bonds is 5. The van der Waals surface area contributed by atoms with Crippen molar-refractivity contribution in [1.29, 1.82) is 0 Å². The van der Waals surface area contributed by atoms with Crippen LogP contribution in [-0.2, 0) is 15.7 Å². The van der Waals surface area contributed by atoms with Crippen molar-refractivity contribution >= 4 is 11.6 Å². The first-order chi connectivity index (χ1) is 8.43. The van der Waals surface area contributed by atoms with Gasteiger partial charge in [-0.1, -0.05) is 0 Å². The summed E-state index contributed by atoms with van der Waals surface area (Å²) in [6.45, 7) is -0.435. The van der Waals surface area contributed by atoms with Gasteiger partial charge in [0.05, 0.1) is 18.8 Å². The minimum Gasteiger partial charge on any atom is -0.394 e. The van der Waals surface area contributed by atoms with Crippen molar-refractivity contribution in [2.75, 3.05) is 25.1 Å². The number of hydrogen-bond donors (Lipinski definition) is 2. The Bertz CT molecular complexity index is 390. The van der Waals surface area contributed by atoms with Crippen molar-refractivity contribution in [3.8, 4) is 0 Å². The molecular formula is C11H12F3NO3. The first kappa shape index (κ1) is 14.5. The zero-order valence-corrected chi connectivity index (χ0v) is 9.33. The number of hydrogen-bond acceptors (Lipinski definition) is 3. The van der Waals surface area contributed by atoms with Gasteiger partial charge in [-0.3, -0.25) is 4.79 Å². The summed E-state index contributed by atoms with van der Waals surface area (Å²) in [7, 11) is 0. The molecule has 0 aliphatic heterocycles. The lowest BCUT2D eigenvalue weighted by atomic mass is 10.2. The summed E-state index contributed by atoms with van der Waals surface area (Å²) in [5, 5.41) is 10.8. The molecule has 0 atom stereocenters. The van der Waals surface area contributed by atoms with E-state index in [9.17, 15) is 18.0 Å². The predicted molar refractivity (Wildman–Crippen MR) is 58.0 cm³/mol. The number of carbonyl (C=O) groups excluding carboxylic acids is 1. The standard InChI is InChI=1S/C11H12F3NO3/c12-11(13,14)8-1-3-9(4-2-8)15-10(17)7-18-6-5-16/h1-4,16H,5-7H2,(H,15,17). The summed E-state index contributed by atoms with van der Waals surface area (Å²) in [4.78, 5) is 11.2. The molecule has 0 aliphatic carbocycles. The number of aliphatic hydroxyl groups is 1. The van der Waals surface area contributed by atoms with Crippen LogP contribution in [0.15, 0.2) is 24.3 Å². The highest BCUT2D eigenvalue weighted by molar-refractivity contribution is 5.91. The van der Waals surface area contributed by atoms with E-state index in [2.05, 4.69) is 5.32 Å². The number of alkyl halides is 3. The van der Waals surface area contributed by atoms with Gasteiger partial charge in [0, 0.05) is 5.69 Å². The fourth-order valence-corrected chi connectivity index (χ4v) is 1.17. The number of benzene rings is 1. The highest BCUT2D eigenvalue weighted by atomic mass is 19.4. The normalized spacial score (nSPS) is 11.3. The predicted octanol–water partition coefficient (Wildman–Crippen LogP) is 1.65. The van der Waals surface area contributed by atoms with Crippen molar-refractivity contribution in [2.45, 2.75) is 6.18 Å². The van der Waals surface area contributed by atoms with Gasteiger partial charge in [-0.15, -0.1) is 0 Å². The van der Waals surface area contributed by atoms with Crippen molar-refractivity contribution < 1.29 is 27.8 Å². The van der Waals surface area contributed by atoms with Crippen LogP contribution in [0.4, 0.5) is 18.9 Å². The van der Waals surface area contributed by atoms with E-state index in [1.165, 1.54) is 0 Å². The molecule has 0 heterocycles. The summed E-state index contributed by atoms with van der Waals surface area (Å²) in [5.74, 6) is -0.497. The Morgan fingerprint density at radius 1 is 1.28 bits per heavy atom. The number of ether oxygens (including phenoxy) is 1. The number of halogens is 3. The second-order valence-corrected chi connectivity index (χ2v) is 3.40. The Kier molecular flexibility index (Phi) is 5.11. The summed E-state index contributed by atoms with van der Waals surface area (Å²) in [6, 6.07) is 4.08. The number of anilines is 1. The van der Waals surface area contributed by atoms with E-state index in [4.69, 9.17) is 9.84 Å². The topological polar surface area (TPSA) is 58.6 Å². The van der Waals surface area contributed by atoms with Crippen LogP contribution in [0.3, 0.4) is 0 Å². The van der Waals surface area contributed by atoms with Crippen molar-refractivity contribution in [3.63, 3.8) is 0 Å². The van der Waals surface area contributed by atoms with Crippen molar-refractivity contribution in [1.82, 2.24) is 0 Å². The molecule has 1 amide bonds. The quantitative estimate of drug-likeness (QED) is 0.794. The van der Waals surface area contributed by atoms with Crippen LogP contribution < -0.4 is 5.32 Å². The number of amides is 1. The van der Waals surface area contributed by atoms with Gasteiger partial charge in [0.2, 0.25) is 5.91 Å². The third-order valence-corrected chi connectivity index (χ3v) is 1.96. The summed E-state index contributed by atoms with van der Waals surface area (Å²) < 4.78 is 41.5. The van der Waals surface area contributed by atoms with E-state index in [1.54, 1.807) is 0 Å². The smallest absolute Gasteiger partial charge is 0.394 e.